The Morgan fingerprint density at radius 3 is 2.44 bits per heavy atom. The van der Waals surface area contributed by atoms with Crippen LogP contribution in [0.3, 0.4) is 0 Å². The van der Waals surface area contributed by atoms with Gasteiger partial charge >= 0.3 is 0 Å². The smallest absolute Gasteiger partial charge is 0.0780 e. The zero-order chi connectivity index (χ0) is 19.5. The van der Waals surface area contributed by atoms with Crippen LogP contribution in [0.1, 0.15) is 51.2 Å². The lowest BCUT2D eigenvalue weighted by Gasteiger charge is -2.27. The molecule has 1 aliphatic heterocycles. The van der Waals surface area contributed by atoms with E-state index in [1.165, 1.54) is 49.2 Å². The summed E-state index contributed by atoms with van der Waals surface area (Å²) < 4.78 is 0. The molecule has 0 radical (unpaired) electrons. The number of allylic oxidation sites excluding steroid dienone is 1. The number of likely N-dealkylation sites (tertiary alicyclic amines) is 1. The molecule has 1 saturated heterocycles. The van der Waals surface area contributed by atoms with Crippen LogP contribution in [0, 0.1) is 0 Å². The van der Waals surface area contributed by atoms with E-state index in [1.54, 1.807) is 0 Å². The van der Waals surface area contributed by atoms with Gasteiger partial charge in [-0.2, -0.15) is 0 Å². The molecule has 5 nitrogen and oxygen atoms in total. The molecule has 3 N–H and O–H groups in total. The second-order valence-corrected chi connectivity index (χ2v) is 8.25. The Labute approximate surface area is 165 Å². The standard InChI is InChI=1S/C22H37N5/c1-22(2,3)20-10-8-19(9-11-20)16-24-13-12-21(25-18-26-23-4)17-27-14-6-5-7-15-27/h8-13,23,25-26H,5-7,14-18H2,1-4H3. The van der Waals surface area contributed by atoms with E-state index in [9.17, 15) is 0 Å². The average Bonchev–Trinajstić information content (AvgIpc) is 2.65. The van der Waals surface area contributed by atoms with Gasteiger partial charge in [0.1, 0.15) is 0 Å². The van der Waals surface area contributed by atoms with Crippen molar-refractivity contribution < 1.29 is 0 Å². The van der Waals surface area contributed by atoms with Gasteiger partial charge in [-0.05, 0) is 55.6 Å². The van der Waals surface area contributed by atoms with Crippen molar-refractivity contribution in [2.45, 2.75) is 52.0 Å². The molecule has 0 bridgehead atoms. The Morgan fingerprint density at radius 1 is 1.11 bits per heavy atom. The molecule has 1 aromatic rings. The van der Waals surface area contributed by atoms with Gasteiger partial charge in [-0.3, -0.25) is 15.3 Å². The minimum atomic E-state index is 0.195. The van der Waals surface area contributed by atoms with Gasteiger partial charge in [-0.1, -0.05) is 51.5 Å². The molecule has 0 atom stereocenters. The predicted molar refractivity (Wildman–Crippen MR) is 116 cm³/mol. The first-order chi connectivity index (χ1) is 13.0. The highest BCUT2D eigenvalue weighted by Crippen LogP contribution is 2.22. The van der Waals surface area contributed by atoms with Crippen molar-refractivity contribution in [3.63, 3.8) is 0 Å². The summed E-state index contributed by atoms with van der Waals surface area (Å²) in [6.45, 7) is 11.5. The molecule has 27 heavy (non-hydrogen) atoms. The number of hydrogen-bond donors (Lipinski definition) is 3. The molecule has 0 spiro atoms. The molecule has 0 aliphatic carbocycles. The SMILES string of the molecule is CNNCNC(=CC=NCc1ccc(C(C)(C)C)cc1)CN1CCCCC1. The minimum absolute atomic E-state index is 0.195. The van der Waals surface area contributed by atoms with E-state index < -0.39 is 0 Å². The van der Waals surface area contributed by atoms with Crippen molar-refractivity contribution >= 4 is 6.21 Å². The van der Waals surface area contributed by atoms with Gasteiger partial charge in [0.2, 0.25) is 0 Å². The summed E-state index contributed by atoms with van der Waals surface area (Å²) in [4.78, 5) is 7.11. The summed E-state index contributed by atoms with van der Waals surface area (Å²) in [5.41, 5.74) is 10.0. The molecule has 1 aliphatic rings. The third-order valence-electron chi connectivity index (χ3n) is 4.90. The number of piperidine rings is 1. The van der Waals surface area contributed by atoms with Crippen molar-refractivity contribution in [1.29, 1.82) is 0 Å². The topological polar surface area (TPSA) is 51.7 Å². The van der Waals surface area contributed by atoms with Crippen molar-refractivity contribution in [2.75, 3.05) is 33.4 Å². The molecule has 1 heterocycles. The molecule has 5 heteroatoms. The fraction of sp³-hybridized carbons (Fsp3) is 0.591. The number of hydrazine groups is 1. The van der Waals surface area contributed by atoms with Crippen LogP contribution >= 0.6 is 0 Å². The molecule has 0 saturated carbocycles. The lowest BCUT2D eigenvalue weighted by Crippen LogP contribution is -2.40. The van der Waals surface area contributed by atoms with E-state index in [0.717, 1.165) is 6.54 Å². The maximum atomic E-state index is 4.60. The molecule has 0 unspecified atom stereocenters. The molecule has 1 aromatic carbocycles. The highest BCUT2D eigenvalue weighted by atomic mass is 15.4. The second-order valence-electron chi connectivity index (χ2n) is 8.25. The van der Waals surface area contributed by atoms with Crippen molar-refractivity contribution in [2.24, 2.45) is 4.99 Å². The van der Waals surface area contributed by atoms with Crippen LogP contribution in [0.2, 0.25) is 0 Å². The van der Waals surface area contributed by atoms with Crippen LogP contribution in [-0.2, 0) is 12.0 Å². The summed E-state index contributed by atoms with van der Waals surface area (Å²) in [5.74, 6) is 0. The van der Waals surface area contributed by atoms with E-state index in [-0.39, 0.29) is 5.41 Å². The Bertz CT molecular complexity index is 592. The van der Waals surface area contributed by atoms with Crippen LogP contribution in [0.5, 0.6) is 0 Å². The summed E-state index contributed by atoms with van der Waals surface area (Å²) in [5, 5.41) is 3.45. The third kappa shape index (κ3) is 8.24. The Balaban J connectivity index is 1.90. The normalized spacial score (nSPS) is 16.8. The van der Waals surface area contributed by atoms with Gasteiger partial charge in [-0.25, -0.2) is 5.43 Å². The van der Waals surface area contributed by atoms with E-state index in [2.05, 4.69) is 77.2 Å². The Morgan fingerprint density at radius 2 is 1.81 bits per heavy atom. The minimum Gasteiger partial charge on any atom is -0.374 e. The van der Waals surface area contributed by atoms with Gasteiger partial charge < -0.3 is 5.32 Å². The van der Waals surface area contributed by atoms with Crippen LogP contribution in [0.25, 0.3) is 0 Å². The zero-order valence-electron chi connectivity index (χ0n) is 17.5. The monoisotopic (exact) mass is 371 g/mol. The third-order valence-corrected chi connectivity index (χ3v) is 4.90. The second kappa shape index (κ2) is 11.2. The maximum absolute atomic E-state index is 4.60. The highest BCUT2D eigenvalue weighted by Gasteiger charge is 2.13. The van der Waals surface area contributed by atoms with Gasteiger partial charge in [0.05, 0.1) is 13.2 Å². The Kier molecular flexibility index (Phi) is 8.98. The van der Waals surface area contributed by atoms with Crippen molar-refractivity contribution in [3.05, 3.63) is 47.2 Å². The van der Waals surface area contributed by atoms with Crippen LogP contribution in [-0.4, -0.2) is 44.5 Å². The largest absolute Gasteiger partial charge is 0.374 e. The fourth-order valence-electron chi connectivity index (χ4n) is 3.18. The number of aliphatic imine (C=N–C) groups is 1. The number of hydrogen-bond acceptors (Lipinski definition) is 5. The maximum Gasteiger partial charge on any atom is 0.0780 e. The molecule has 1 fully saturated rings. The first-order valence-corrected chi connectivity index (χ1v) is 10.1. The average molecular weight is 372 g/mol. The molecule has 0 amide bonds. The van der Waals surface area contributed by atoms with Gasteiger partial charge in [0, 0.05) is 18.5 Å². The van der Waals surface area contributed by atoms with Crippen LogP contribution in [0.15, 0.2) is 41.0 Å². The van der Waals surface area contributed by atoms with Gasteiger partial charge in [0.15, 0.2) is 0 Å². The van der Waals surface area contributed by atoms with Crippen LogP contribution in [0.4, 0.5) is 0 Å². The van der Waals surface area contributed by atoms with E-state index in [4.69, 9.17) is 0 Å². The van der Waals surface area contributed by atoms with E-state index >= 15 is 0 Å². The number of nitrogens with zero attached hydrogens (tertiary/aromatic N) is 2. The summed E-state index contributed by atoms with van der Waals surface area (Å²) in [6.07, 6.45) is 8.01. The van der Waals surface area contributed by atoms with E-state index in [1.807, 2.05) is 13.3 Å². The Hall–Kier alpha value is -1.69. The van der Waals surface area contributed by atoms with Gasteiger partial charge in [0.25, 0.3) is 0 Å². The molecular formula is C22H37N5. The first-order valence-electron chi connectivity index (χ1n) is 10.1. The quantitative estimate of drug-likeness (QED) is 0.270. The lowest BCUT2D eigenvalue weighted by molar-refractivity contribution is 0.242. The number of benzene rings is 1. The van der Waals surface area contributed by atoms with Crippen molar-refractivity contribution in [1.82, 2.24) is 21.1 Å². The summed E-state index contributed by atoms with van der Waals surface area (Å²) in [7, 11) is 1.88. The zero-order valence-corrected chi connectivity index (χ0v) is 17.5. The summed E-state index contributed by atoms with van der Waals surface area (Å²) >= 11 is 0. The van der Waals surface area contributed by atoms with Crippen LogP contribution < -0.4 is 16.2 Å². The van der Waals surface area contributed by atoms with Crippen molar-refractivity contribution in [3.8, 4) is 0 Å². The number of rotatable bonds is 9. The highest BCUT2D eigenvalue weighted by molar-refractivity contribution is 5.72. The lowest BCUT2D eigenvalue weighted by atomic mass is 9.87. The molecular weight excluding hydrogens is 334 g/mol. The molecule has 0 aromatic heterocycles. The fourth-order valence-corrected chi connectivity index (χ4v) is 3.18. The van der Waals surface area contributed by atoms with Gasteiger partial charge in [-0.15, -0.1) is 0 Å². The summed E-state index contributed by atoms with van der Waals surface area (Å²) in [6, 6.07) is 8.80. The first kappa shape index (κ1) is 21.6. The predicted octanol–water partition coefficient (Wildman–Crippen LogP) is 3.20. The number of nitrogens with one attached hydrogen (secondary N) is 3. The molecule has 2 rings (SSSR count). The van der Waals surface area contributed by atoms with E-state index in [0.29, 0.717) is 13.2 Å². The molecule has 150 valence electrons.